The van der Waals surface area contributed by atoms with Crippen molar-refractivity contribution >= 4 is 0 Å². The molecule has 0 heterocycles. The molecule has 0 fully saturated rings. The van der Waals surface area contributed by atoms with Gasteiger partial charge in [0.05, 0.1) is 11.1 Å². The molecule has 5 rings (SSSR count). The molecular weight excluding hydrogens is 723 g/mol. The van der Waals surface area contributed by atoms with Crippen LogP contribution >= 0.6 is 0 Å². The van der Waals surface area contributed by atoms with Crippen molar-refractivity contribution in [2.45, 2.75) is 45.1 Å². The zero-order valence-corrected chi connectivity index (χ0v) is 26.5. The van der Waals surface area contributed by atoms with Crippen LogP contribution in [-0.2, 0) is 12.5 Å². The molecule has 0 saturated carbocycles. The van der Waals surface area contributed by atoms with E-state index in [9.17, 15) is 39.5 Å². The van der Waals surface area contributed by atoms with Crippen molar-refractivity contribution in [1.82, 2.24) is 0 Å². The third-order valence-electron chi connectivity index (χ3n) is 7.79. The van der Waals surface area contributed by atoms with Crippen molar-refractivity contribution in [3.63, 3.8) is 0 Å². The number of benzene rings is 5. The van der Waals surface area contributed by atoms with E-state index in [-0.39, 0.29) is 29.8 Å². The maximum atomic E-state index is 15.3. The van der Waals surface area contributed by atoms with Gasteiger partial charge in [0.2, 0.25) is 5.75 Å². The fourth-order valence-electron chi connectivity index (χ4n) is 5.46. The van der Waals surface area contributed by atoms with Gasteiger partial charge in [-0.1, -0.05) is 44.0 Å². The van der Waals surface area contributed by atoms with E-state index in [4.69, 9.17) is 0 Å². The SMILES string of the molecule is CCCCCc1ccc(-c2cc(F)c(-c3cc(F)c(-c4cc(F)c(C(F)(F)Oc5cc(F)c(OC(F)(F)F)c(F)c5)c(F)c4)c(F)c3)c(F)c2)cc1. The summed E-state index contributed by atoms with van der Waals surface area (Å²) in [6, 6.07) is 9.54. The lowest BCUT2D eigenvalue weighted by atomic mass is 9.95. The van der Waals surface area contributed by atoms with Crippen LogP contribution in [0.5, 0.6) is 11.5 Å². The Hall–Kier alpha value is -5.21. The van der Waals surface area contributed by atoms with Crippen LogP contribution in [0.1, 0.15) is 37.3 Å². The maximum Gasteiger partial charge on any atom is 0.573 e. The molecule has 0 bridgehead atoms. The van der Waals surface area contributed by atoms with E-state index in [0.717, 1.165) is 43.4 Å². The number of hydrogen-bond acceptors (Lipinski definition) is 2. The van der Waals surface area contributed by atoms with Gasteiger partial charge in [0, 0.05) is 12.1 Å². The number of halogens is 13. The van der Waals surface area contributed by atoms with Crippen molar-refractivity contribution in [3.05, 3.63) is 130 Å². The van der Waals surface area contributed by atoms with Gasteiger partial charge in [-0.25, -0.2) is 35.1 Å². The first kappa shape index (κ1) is 38.0. The highest BCUT2D eigenvalue weighted by atomic mass is 19.4. The van der Waals surface area contributed by atoms with Crippen molar-refractivity contribution in [3.8, 4) is 44.9 Å². The van der Waals surface area contributed by atoms with Crippen LogP contribution in [0.3, 0.4) is 0 Å². The van der Waals surface area contributed by atoms with Crippen molar-refractivity contribution in [1.29, 1.82) is 0 Å². The summed E-state index contributed by atoms with van der Waals surface area (Å²) in [6.07, 6.45) is -6.80. The molecule has 0 saturated heterocycles. The minimum atomic E-state index is -5.57. The van der Waals surface area contributed by atoms with E-state index in [2.05, 4.69) is 16.4 Å². The lowest BCUT2D eigenvalue weighted by Gasteiger charge is -2.21. The Kier molecular flexibility index (Phi) is 10.8. The van der Waals surface area contributed by atoms with Crippen LogP contribution in [-0.4, -0.2) is 6.36 Å². The molecule has 0 amide bonds. The molecule has 0 aliphatic heterocycles. The molecule has 5 aromatic carbocycles. The van der Waals surface area contributed by atoms with E-state index < -0.39 is 98.3 Å². The molecule has 52 heavy (non-hydrogen) atoms. The predicted octanol–water partition coefficient (Wildman–Crippen LogP) is 12.6. The number of alkyl halides is 5. The number of aryl methyl sites for hydroxylation is 1. The van der Waals surface area contributed by atoms with Gasteiger partial charge >= 0.3 is 12.5 Å². The van der Waals surface area contributed by atoms with Crippen LogP contribution < -0.4 is 9.47 Å². The molecule has 0 N–H and O–H groups in total. The van der Waals surface area contributed by atoms with Crippen LogP contribution in [0.4, 0.5) is 57.1 Å². The largest absolute Gasteiger partial charge is 0.573 e. The Bertz CT molecular complexity index is 2020. The number of unbranched alkanes of at least 4 members (excludes halogenated alkanes) is 2. The molecule has 0 aliphatic carbocycles. The molecule has 15 heteroatoms. The predicted molar refractivity (Wildman–Crippen MR) is 163 cm³/mol. The van der Waals surface area contributed by atoms with Gasteiger partial charge in [-0.15, -0.1) is 13.2 Å². The summed E-state index contributed by atoms with van der Waals surface area (Å²) in [5.41, 5.74) is -4.24. The number of ether oxygens (including phenoxy) is 2. The minimum absolute atomic E-state index is 0.0589. The van der Waals surface area contributed by atoms with Gasteiger partial charge in [0.25, 0.3) is 0 Å². The van der Waals surface area contributed by atoms with Crippen molar-refractivity contribution in [2.24, 2.45) is 0 Å². The number of hydrogen-bond donors (Lipinski definition) is 0. The monoisotopic (exact) mass is 746 g/mol. The molecule has 5 aromatic rings. The Labute approximate surface area is 287 Å². The average molecular weight is 747 g/mol. The topological polar surface area (TPSA) is 18.5 Å². The first-order valence-electron chi connectivity index (χ1n) is 15.3. The quantitative estimate of drug-likeness (QED) is 0.0990. The average Bonchev–Trinajstić information content (AvgIpc) is 3.01. The third kappa shape index (κ3) is 8.29. The summed E-state index contributed by atoms with van der Waals surface area (Å²) in [6.45, 7) is 2.06. The fourth-order valence-corrected chi connectivity index (χ4v) is 5.46. The second-order valence-corrected chi connectivity index (χ2v) is 11.5. The number of rotatable bonds is 11. The van der Waals surface area contributed by atoms with Gasteiger partial charge in [-0.3, -0.25) is 0 Å². The Balaban J connectivity index is 1.42. The van der Waals surface area contributed by atoms with Gasteiger partial charge in [-0.2, -0.15) is 8.78 Å². The zero-order valence-electron chi connectivity index (χ0n) is 26.5. The van der Waals surface area contributed by atoms with E-state index in [0.29, 0.717) is 17.7 Å². The Morgan fingerprint density at radius 1 is 0.481 bits per heavy atom. The van der Waals surface area contributed by atoms with Crippen LogP contribution in [0.15, 0.2) is 72.8 Å². The van der Waals surface area contributed by atoms with Crippen molar-refractivity contribution < 1.29 is 66.5 Å². The normalized spacial score (nSPS) is 12.0. The molecular formula is C37H23F13O2. The minimum Gasteiger partial charge on any atom is -0.429 e. The van der Waals surface area contributed by atoms with Gasteiger partial charge in [0.1, 0.15) is 46.2 Å². The van der Waals surface area contributed by atoms with Gasteiger partial charge in [0.15, 0.2) is 11.6 Å². The zero-order chi connectivity index (χ0) is 38.1. The molecule has 0 atom stereocenters. The molecule has 0 aliphatic rings. The molecule has 0 aromatic heterocycles. The second kappa shape index (κ2) is 14.8. The second-order valence-electron chi connectivity index (χ2n) is 11.5. The maximum absolute atomic E-state index is 15.3. The molecule has 0 radical (unpaired) electrons. The molecule has 0 unspecified atom stereocenters. The fraction of sp³-hybridized carbons (Fsp3) is 0.189. The summed E-state index contributed by atoms with van der Waals surface area (Å²) < 4.78 is 193. The lowest BCUT2D eigenvalue weighted by Crippen LogP contribution is -2.25. The first-order chi connectivity index (χ1) is 24.4. The summed E-state index contributed by atoms with van der Waals surface area (Å²) in [5.74, 6) is -17.8. The highest BCUT2D eigenvalue weighted by Crippen LogP contribution is 2.41. The van der Waals surface area contributed by atoms with E-state index in [1.807, 2.05) is 12.1 Å². The Morgan fingerprint density at radius 2 is 0.923 bits per heavy atom. The smallest absolute Gasteiger partial charge is 0.429 e. The van der Waals surface area contributed by atoms with Crippen LogP contribution in [0, 0.1) is 46.5 Å². The highest BCUT2D eigenvalue weighted by molar-refractivity contribution is 5.75. The molecule has 274 valence electrons. The molecule has 2 nitrogen and oxygen atoms in total. The van der Waals surface area contributed by atoms with E-state index >= 15 is 17.6 Å². The summed E-state index contributed by atoms with van der Waals surface area (Å²) in [7, 11) is 0. The standard InChI is InChI=1S/C37H23F13O2/c1-2-3-4-5-18-6-8-19(9-7-18)20-10-24(38)32(25(39)11-20)21-12-26(40)33(27(41)13-21)22-14-28(42)34(29(43)15-22)36(46,47)51-23-16-30(44)35(31(45)17-23)52-37(48,49)50/h6-17H,2-5H2,1H3. The Morgan fingerprint density at radius 3 is 1.37 bits per heavy atom. The molecule has 0 spiro atoms. The van der Waals surface area contributed by atoms with Crippen LogP contribution in [0.2, 0.25) is 0 Å². The first-order valence-corrected chi connectivity index (χ1v) is 15.3. The summed E-state index contributed by atoms with van der Waals surface area (Å²) in [4.78, 5) is 0. The van der Waals surface area contributed by atoms with E-state index in [1.165, 1.54) is 0 Å². The van der Waals surface area contributed by atoms with Crippen molar-refractivity contribution in [2.75, 3.05) is 0 Å². The highest BCUT2D eigenvalue weighted by Gasteiger charge is 2.42. The van der Waals surface area contributed by atoms with Gasteiger partial charge in [-0.05, 0) is 77.1 Å². The third-order valence-corrected chi connectivity index (χ3v) is 7.79. The summed E-state index contributed by atoms with van der Waals surface area (Å²) in [5, 5.41) is 0. The van der Waals surface area contributed by atoms with E-state index in [1.54, 1.807) is 12.1 Å². The van der Waals surface area contributed by atoms with Crippen LogP contribution in [0.25, 0.3) is 33.4 Å². The van der Waals surface area contributed by atoms with Gasteiger partial charge < -0.3 is 9.47 Å². The lowest BCUT2D eigenvalue weighted by molar-refractivity contribution is -0.276. The summed E-state index contributed by atoms with van der Waals surface area (Å²) >= 11 is 0.